The predicted molar refractivity (Wildman–Crippen MR) is 95.6 cm³/mol. The zero-order valence-electron chi connectivity index (χ0n) is 14.6. The van der Waals surface area contributed by atoms with Gasteiger partial charge in [0.25, 0.3) is 5.91 Å². The number of rotatable bonds is 4. The fraction of sp³-hybridized carbons (Fsp3) is 0.389. The van der Waals surface area contributed by atoms with E-state index < -0.39 is 5.82 Å². The zero-order valence-corrected chi connectivity index (χ0v) is 14.6. The minimum Gasteiger partial charge on any atom is -0.338 e. The lowest BCUT2D eigenvalue weighted by Gasteiger charge is -2.32. The van der Waals surface area contributed by atoms with Crippen molar-refractivity contribution in [3.05, 3.63) is 47.5 Å². The Labute approximate surface area is 151 Å². The van der Waals surface area contributed by atoms with Gasteiger partial charge >= 0.3 is 6.03 Å². The van der Waals surface area contributed by atoms with Crippen LogP contribution in [-0.2, 0) is 0 Å². The van der Waals surface area contributed by atoms with E-state index in [4.69, 9.17) is 0 Å². The molecule has 0 radical (unpaired) electrons. The lowest BCUT2D eigenvalue weighted by Crippen LogP contribution is -2.39. The highest BCUT2D eigenvalue weighted by Gasteiger charge is 2.28. The summed E-state index contributed by atoms with van der Waals surface area (Å²) in [5.74, 6) is -0.584. The van der Waals surface area contributed by atoms with Crippen LogP contribution < -0.4 is 10.6 Å². The molecule has 7 nitrogen and oxygen atoms in total. The van der Waals surface area contributed by atoms with E-state index in [9.17, 15) is 14.0 Å². The van der Waals surface area contributed by atoms with Crippen molar-refractivity contribution >= 4 is 17.6 Å². The van der Waals surface area contributed by atoms with Gasteiger partial charge in [0.1, 0.15) is 5.82 Å². The summed E-state index contributed by atoms with van der Waals surface area (Å²) in [5.41, 5.74) is 1.75. The van der Waals surface area contributed by atoms with Crippen molar-refractivity contribution in [3.8, 4) is 0 Å². The Morgan fingerprint density at radius 2 is 2.27 bits per heavy atom. The summed E-state index contributed by atoms with van der Waals surface area (Å²) in [6.07, 6.45) is 3.27. The number of nitrogens with zero attached hydrogens (tertiary/aromatic N) is 2. The summed E-state index contributed by atoms with van der Waals surface area (Å²) >= 11 is 0. The number of urea groups is 1. The summed E-state index contributed by atoms with van der Waals surface area (Å²) in [4.78, 5) is 26.2. The number of aromatic nitrogens is 2. The molecule has 3 rings (SSSR count). The van der Waals surface area contributed by atoms with E-state index in [2.05, 4.69) is 20.8 Å². The van der Waals surface area contributed by atoms with Crippen molar-refractivity contribution in [2.75, 3.05) is 25.0 Å². The number of halogens is 1. The van der Waals surface area contributed by atoms with Crippen LogP contribution in [0.25, 0.3) is 0 Å². The molecule has 2 heterocycles. The number of H-pyrrole nitrogens is 1. The van der Waals surface area contributed by atoms with Crippen molar-refractivity contribution in [1.82, 2.24) is 20.4 Å². The summed E-state index contributed by atoms with van der Waals surface area (Å²) in [5, 5.41) is 12.4. The van der Waals surface area contributed by atoms with Gasteiger partial charge in [0.05, 0.1) is 17.6 Å². The number of amides is 3. The Morgan fingerprint density at radius 1 is 1.42 bits per heavy atom. The van der Waals surface area contributed by atoms with Crippen LogP contribution >= 0.6 is 0 Å². The normalized spacial score (nSPS) is 17.0. The molecule has 1 aliphatic heterocycles. The second-order valence-corrected chi connectivity index (χ2v) is 6.28. The summed E-state index contributed by atoms with van der Waals surface area (Å²) in [6, 6.07) is 5.43. The Morgan fingerprint density at radius 3 is 3.04 bits per heavy atom. The van der Waals surface area contributed by atoms with Gasteiger partial charge in [-0.25, -0.2) is 9.18 Å². The highest BCUT2D eigenvalue weighted by Crippen LogP contribution is 2.31. The summed E-state index contributed by atoms with van der Waals surface area (Å²) in [6.45, 7) is 3.48. The van der Waals surface area contributed by atoms with E-state index in [1.165, 1.54) is 18.2 Å². The van der Waals surface area contributed by atoms with Crippen LogP contribution in [0.4, 0.5) is 14.9 Å². The van der Waals surface area contributed by atoms with Crippen LogP contribution in [0.15, 0.2) is 30.5 Å². The molecule has 0 saturated carbocycles. The number of anilines is 1. The zero-order chi connectivity index (χ0) is 18.5. The van der Waals surface area contributed by atoms with E-state index in [0.29, 0.717) is 30.9 Å². The van der Waals surface area contributed by atoms with Crippen molar-refractivity contribution < 1.29 is 14.0 Å². The van der Waals surface area contributed by atoms with Gasteiger partial charge in [0.15, 0.2) is 0 Å². The standard InChI is InChI=1S/C18H22FN5O2/c1-2-20-18(26)22-15-10-21-23-16(15)13-6-4-8-24(11-13)17(25)12-5-3-7-14(19)9-12/h3,5,7,9-10,13H,2,4,6,8,11H2,1H3,(H,21,23)(H2,20,22,26). The fourth-order valence-electron chi connectivity index (χ4n) is 3.24. The van der Waals surface area contributed by atoms with E-state index in [1.807, 2.05) is 6.92 Å². The van der Waals surface area contributed by atoms with Gasteiger partial charge in [0, 0.05) is 31.1 Å². The van der Waals surface area contributed by atoms with Crippen LogP contribution in [0.2, 0.25) is 0 Å². The Bertz CT molecular complexity index is 791. The molecule has 0 bridgehead atoms. The first kappa shape index (κ1) is 17.9. The number of piperidine rings is 1. The molecule has 1 aliphatic rings. The molecule has 1 fully saturated rings. The molecule has 1 aromatic carbocycles. The molecule has 26 heavy (non-hydrogen) atoms. The van der Waals surface area contributed by atoms with Crippen LogP contribution in [0.3, 0.4) is 0 Å². The molecular formula is C18H22FN5O2. The minimum atomic E-state index is -0.425. The minimum absolute atomic E-state index is 0.0284. The average Bonchev–Trinajstić information content (AvgIpc) is 3.09. The van der Waals surface area contributed by atoms with Gasteiger partial charge in [-0.3, -0.25) is 9.89 Å². The number of carbonyl (C=O) groups is 2. The van der Waals surface area contributed by atoms with E-state index in [0.717, 1.165) is 18.5 Å². The second-order valence-electron chi connectivity index (χ2n) is 6.28. The molecule has 1 atom stereocenters. The van der Waals surface area contributed by atoms with Gasteiger partial charge in [-0.2, -0.15) is 5.10 Å². The second kappa shape index (κ2) is 7.99. The van der Waals surface area contributed by atoms with Crippen LogP contribution in [-0.4, -0.2) is 46.7 Å². The highest BCUT2D eigenvalue weighted by atomic mass is 19.1. The van der Waals surface area contributed by atoms with Crippen molar-refractivity contribution in [3.63, 3.8) is 0 Å². The maximum Gasteiger partial charge on any atom is 0.319 e. The molecule has 3 N–H and O–H groups in total. The lowest BCUT2D eigenvalue weighted by atomic mass is 9.93. The fourth-order valence-corrected chi connectivity index (χ4v) is 3.24. The maximum atomic E-state index is 13.4. The number of likely N-dealkylation sites (tertiary alicyclic amines) is 1. The Hall–Kier alpha value is -2.90. The number of hydrogen-bond acceptors (Lipinski definition) is 3. The molecule has 2 aromatic rings. The first-order valence-corrected chi connectivity index (χ1v) is 8.71. The third-order valence-electron chi connectivity index (χ3n) is 4.44. The number of hydrogen-bond donors (Lipinski definition) is 3. The Kier molecular flexibility index (Phi) is 5.50. The van der Waals surface area contributed by atoms with Crippen LogP contribution in [0.5, 0.6) is 0 Å². The number of benzene rings is 1. The van der Waals surface area contributed by atoms with Crippen molar-refractivity contribution in [1.29, 1.82) is 0 Å². The smallest absolute Gasteiger partial charge is 0.319 e. The first-order chi connectivity index (χ1) is 12.6. The first-order valence-electron chi connectivity index (χ1n) is 8.71. The lowest BCUT2D eigenvalue weighted by molar-refractivity contribution is 0.0705. The van der Waals surface area contributed by atoms with E-state index in [-0.39, 0.29) is 17.9 Å². The van der Waals surface area contributed by atoms with Gasteiger partial charge in [-0.1, -0.05) is 6.07 Å². The van der Waals surface area contributed by atoms with Gasteiger partial charge in [0.2, 0.25) is 0 Å². The maximum absolute atomic E-state index is 13.4. The monoisotopic (exact) mass is 359 g/mol. The average molecular weight is 359 g/mol. The summed E-state index contributed by atoms with van der Waals surface area (Å²) in [7, 11) is 0. The molecule has 8 heteroatoms. The molecule has 138 valence electrons. The van der Waals surface area contributed by atoms with E-state index >= 15 is 0 Å². The molecule has 3 amide bonds. The van der Waals surface area contributed by atoms with Crippen LogP contribution in [0, 0.1) is 5.82 Å². The molecule has 0 spiro atoms. The number of carbonyl (C=O) groups excluding carboxylic acids is 2. The third-order valence-corrected chi connectivity index (χ3v) is 4.44. The SMILES string of the molecule is CCNC(=O)Nc1cn[nH]c1C1CCCN(C(=O)c2cccc(F)c2)C1. The van der Waals surface area contributed by atoms with Gasteiger partial charge in [-0.05, 0) is 38.0 Å². The van der Waals surface area contributed by atoms with Gasteiger partial charge in [-0.15, -0.1) is 0 Å². The molecule has 1 saturated heterocycles. The Balaban J connectivity index is 1.72. The van der Waals surface area contributed by atoms with Crippen LogP contribution in [0.1, 0.15) is 41.7 Å². The largest absolute Gasteiger partial charge is 0.338 e. The number of nitrogens with one attached hydrogen (secondary N) is 3. The highest BCUT2D eigenvalue weighted by molar-refractivity contribution is 5.94. The molecule has 0 aliphatic carbocycles. The quantitative estimate of drug-likeness (QED) is 0.784. The topological polar surface area (TPSA) is 90.1 Å². The predicted octanol–water partition coefficient (Wildman–Crippen LogP) is 2.71. The third kappa shape index (κ3) is 4.01. The molecule has 1 unspecified atom stereocenters. The van der Waals surface area contributed by atoms with Gasteiger partial charge < -0.3 is 15.5 Å². The van der Waals surface area contributed by atoms with E-state index in [1.54, 1.807) is 17.2 Å². The molecule has 1 aromatic heterocycles. The number of aromatic amines is 1. The molecular weight excluding hydrogens is 337 g/mol. The van der Waals surface area contributed by atoms with Crippen molar-refractivity contribution in [2.45, 2.75) is 25.7 Å². The van der Waals surface area contributed by atoms with Crippen molar-refractivity contribution in [2.24, 2.45) is 0 Å². The summed E-state index contributed by atoms with van der Waals surface area (Å²) < 4.78 is 13.4.